The number of aromatic nitrogens is 1. The van der Waals surface area contributed by atoms with E-state index in [1.165, 1.54) is 0 Å². The van der Waals surface area contributed by atoms with E-state index in [2.05, 4.69) is 33.2 Å². The van der Waals surface area contributed by atoms with Gasteiger partial charge in [0.1, 0.15) is 5.75 Å². The first-order valence-corrected chi connectivity index (χ1v) is 7.63. The van der Waals surface area contributed by atoms with Crippen LogP contribution in [-0.4, -0.2) is 11.5 Å². The summed E-state index contributed by atoms with van der Waals surface area (Å²) in [6.45, 7) is 3.77. The van der Waals surface area contributed by atoms with Crippen molar-refractivity contribution in [1.82, 2.24) is 10.3 Å². The third-order valence-electron chi connectivity index (χ3n) is 2.57. The molecular formula is C14H13BrCl2N2O. The first-order valence-electron chi connectivity index (χ1n) is 6.08. The molecule has 1 aromatic heterocycles. The highest BCUT2D eigenvalue weighted by Crippen LogP contribution is 2.36. The molecule has 1 heterocycles. The average molecular weight is 376 g/mol. The molecule has 6 heteroatoms. The SMILES string of the molecule is CCNCc1ccc(Oc2cc(Cl)c(Br)cc2Cl)nc1. The van der Waals surface area contributed by atoms with Crippen LogP contribution in [-0.2, 0) is 6.54 Å². The zero-order valence-electron chi connectivity index (χ0n) is 10.8. The van der Waals surface area contributed by atoms with Gasteiger partial charge in [-0.3, -0.25) is 0 Å². The van der Waals surface area contributed by atoms with E-state index in [-0.39, 0.29) is 0 Å². The highest BCUT2D eigenvalue weighted by molar-refractivity contribution is 9.10. The van der Waals surface area contributed by atoms with Gasteiger partial charge in [0, 0.05) is 29.3 Å². The number of nitrogens with one attached hydrogen (secondary N) is 1. The Morgan fingerprint density at radius 1 is 1.25 bits per heavy atom. The molecule has 3 nitrogen and oxygen atoms in total. The number of hydrogen-bond donors (Lipinski definition) is 1. The lowest BCUT2D eigenvalue weighted by Crippen LogP contribution is -2.11. The van der Waals surface area contributed by atoms with Gasteiger partial charge in [0.25, 0.3) is 0 Å². The first kappa shape index (κ1) is 15.6. The van der Waals surface area contributed by atoms with Crippen LogP contribution in [0.15, 0.2) is 34.9 Å². The van der Waals surface area contributed by atoms with Crippen LogP contribution in [0.4, 0.5) is 0 Å². The van der Waals surface area contributed by atoms with Crippen LogP contribution in [0.2, 0.25) is 10.0 Å². The van der Waals surface area contributed by atoms with Gasteiger partial charge >= 0.3 is 0 Å². The molecule has 0 aliphatic rings. The van der Waals surface area contributed by atoms with Crippen molar-refractivity contribution in [3.05, 3.63) is 50.5 Å². The monoisotopic (exact) mass is 374 g/mol. The maximum atomic E-state index is 6.10. The van der Waals surface area contributed by atoms with Crippen molar-refractivity contribution in [2.75, 3.05) is 6.54 Å². The lowest BCUT2D eigenvalue weighted by Gasteiger charge is -2.09. The van der Waals surface area contributed by atoms with Crippen molar-refractivity contribution in [1.29, 1.82) is 0 Å². The Balaban J connectivity index is 2.12. The molecule has 0 fully saturated rings. The summed E-state index contributed by atoms with van der Waals surface area (Å²) in [5.74, 6) is 0.956. The number of hydrogen-bond acceptors (Lipinski definition) is 3. The van der Waals surface area contributed by atoms with Crippen molar-refractivity contribution >= 4 is 39.1 Å². The summed E-state index contributed by atoms with van der Waals surface area (Å²) in [4.78, 5) is 4.24. The molecule has 1 N–H and O–H groups in total. The molecule has 0 aliphatic heterocycles. The topological polar surface area (TPSA) is 34.1 Å². The average Bonchev–Trinajstić information content (AvgIpc) is 2.44. The zero-order valence-corrected chi connectivity index (χ0v) is 13.9. The largest absolute Gasteiger partial charge is 0.437 e. The smallest absolute Gasteiger partial charge is 0.219 e. The van der Waals surface area contributed by atoms with Crippen molar-refractivity contribution in [2.24, 2.45) is 0 Å². The van der Waals surface area contributed by atoms with Crippen LogP contribution < -0.4 is 10.1 Å². The van der Waals surface area contributed by atoms with Crippen LogP contribution >= 0.6 is 39.1 Å². The Bertz CT molecular complexity index is 590. The number of benzene rings is 1. The Kier molecular flexibility index (Phi) is 5.66. The van der Waals surface area contributed by atoms with Gasteiger partial charge in [0.2, 0.25) is 5.88 Å². The van der Waals surface area contributed by atoms with E-state index in [4.69, 9.17) is 27.9 Å². The van der Waals surface area contributed by atoms with E-state index in [1.807, 2.05) is 6.07 Å². The second-order valence-corrected chi connectivity index (χ2v) is 5.75. The first-order chi connectivity index (χ1) is 9.60. The molecule has 0 atom stereocenters. The number of halogens is 3. The molecule has 0 saturated heterocycles. The highest BCUT2D eigenvalue weighted by Gasteiger charge is 2.08. The minimum atomic E-state index is 0.472. The van der Waals surface area contributed by atoms with Crippen LogP contribution in [0.25, 0.3) is 0 Å². The molecule has 0 amide bonds. The van der Waals surface area contributed by atoms with Crippen molar-refractivity contribution in [3.8, 4) is 11.6 Å². The van der Waals surface area contributed by atoms with Gasteiger partial charge in [-0.25, -0.2) is 4.98 Å². The Labute approximate surface area is 136 Å². The summed E-state index contributed by atoms with van der Waals surface area (Å²) in [5.41, 5.74) is 1.10. The third kappa shape index (κ3) is 4.09. The van der Waals surface area contributed by atoms with E-state index in [0.29, 0.717) is 21.7 Å². The zero-order chi connectivity index (χ0) is 14.5. The van der Waals surface area contributed by atoms with E-state index in [0.717, 1.165) is 23.1 Å². The summed E-state index contributed by atoms with van der Waals surface area (Å²) in [6, 6.07) is 7.11. The maximum Gasteiger partial charge on any atom is 0.219 e. The predicted octanol–water partition coefficient (Wildman–Crippen LogP) is 5.05. The van der Waals surface area contributed by atoms with Gasteiger partial charge in [0.05, 0.1) is 10.0 Å². The van der Waals surface area contributed by atoms with Gasteiger partial charge < -0.3 is 10.1 Å². The highest BCUT2D eigenvalue weighted by atomic mass is 79.9. The van der Waals surface area contributed by atoms with E-state index in [9.17, 15) is 0 Å². The van der Waals surface area contributed by atoms with Crippen LogP contribution in [0.1, 0.15) is 12.5 Å². The lowest BCUT2D eigenvalue weighted by atomic mass is 10.3. The third-order valence-corrected chi connectivity index (χ3v) is 4.06. The summed E-state index contributed by atoms with van der Waals surface area (Å²) in [6.07, 6.45) is 1.77. The van der Waals surface area contributed by atoms with Gasteiger partial charge in [0.15, 0.2) is 0 Å². The molecule has 2 aromatic rings. The number of nitrogens with zero attached hydrogens (tertiary/aromatic N) is 1. The fourth-order valence-electron chi connectivity index (χ4n) is 1.54. The Hall–Kier alpha value is -0.810. The standard InChI is InChI=1S/C14H13BrCl2N2O/c1-2-18-7-9-3-4-14(19-8-9)20-13-6-11(16)10(15)5-12(13)17/h3-6,8,18H,2,7H2,1H3. The Morgan fingerprint density at radius 3 is 2.70 bits per heavy atom. The minimum absolute atomic E-state index is 0.472. The minimum Gasteiger partial charge on any atom is -0.437 e. The van der Waals surface area contributed by atoms with Crippen molar-refractivity contribution in [2.45, 2.75) is 13.5 Å². The summed E-state index contributed by atoms with van der Waals surface area (Å²) >= 11 is 15.4. The van der Waals surface area contributed by atoms with Crippen LogP contribution in [0, 0.1) is 0 Å². The molecule has 0 spiro atoms. The van der Waals surface area contributed by atoms with Gasteiger partial charge in [-0.05, 0) is 34.1 Å². The second kappa shape index (κ2) is 7.27. The summed E-state index contributed by atoms with van der Waals surface area (Å²) < 4.78 is 6.36. The number of ether oxygens (including phenoxy) is 1. The fourth-order valence-corrected chi connectivity index (χ4v) is 2.37. The van der Waals surface area contributed by atoms with Crippen molar-refractivity contribution < 1.29 is 4.74 Å². The summed E-state index contributed by atoms with van der Waals surface area (Å²) in [7, 11) is 0. The second-order valence-electron chi connectivity index (χ2n) is 4.08. The molecule has 0 aliphatic carbocycles. The molecule has 106 valence electrons. The molecule has 1 aromatic carbocycles. The Morgan fingerprint density at radius 2 is 2.05 bits per heavy atom. The lowest BCUT2D eigenvalue weighted by molar-refractivity contribution is 0.462. The van der Waals surface area contributed by atoms with E-state index >= 15 is 0 Å². The van der Waals surface area contributed by atoms with E-state index < -0.39 is 0 Å². The quantitative estimate of drug-likeness (QED) is 0.742. The normalized spacial score (nSPS) is 10.6. The number of rotatable bonds is 5. The molecule has 0 saturated carbocycles. The number of pyridine rings is 1. The van der Waals surface area contributed by atoms with Gasteiger partial charge in [-0.1, -0.05) is 36.2 Å². The summed E-state index contributed by atoms with van der Waals surface area (Å²) in [5, 5.41) is 4.24. The van der Waals surface area contributed by atoms with Gasteiger partial charge in [-0.15, -0.1) is 0 Å². The van der Waals surface area contributed by atoms with Gasteiger partial charge in [-0.2, -0.15) is 0 Å². The fraction of sp³-hybridized carbons (Fsp3) is 0.214. The maximum absolute atomic E-state index is 6.10. The molecule has 2 rings (SSSR count). The molecule has 20 heavy (non-hydrogen) atoms. The van der Waals surface area contributed by atoms with Crippen LogP contribution in [0.3, 0.4) is 0 Å². The molecule has 0 radical (unpaired) electrons. The predicted molar refractivity (Wildman–Crippen MR) is 85.9 cm³/mol. The molecular weight excluding hydrogens is 363 g/mol. The van der Waals surface area contributed by atoms with Crippen LogP contribution in [0.5, 0.6) is 11.6 Å². The van der Waals surface area contributed by atoms with Crippen molar-refractivity contribution in [3.63, 3.8) is 0 Å². The van der Waals surface area contributed by atoms with E-state index in [1.54, 1.807) is 24.4 Å². The molecule has 0 bridgehead atoms. The molecule has 0 unspecified atom stereocenters.